The van der Waals surface area contributed by atoms with E-state index in [9.17, 15) is 13.6 Å². The third kappa shape index (κ3) is 1.66. The number of amides is 1. The summed E-state index contributed by atoms with van der Waals surface area (Å²) in [5.41, 5.74) is 1.74. The van der Waals surface area contributed by atoms with Gasteiger partial charge in [0.05, 0.1) is 28.1 Å². The Morgan fingerprint density at radius 2 is 2.08 bits per heavy atom. The van der Waals surface area contributed by atoms with Crippen LogP contribution in [0.3, 0.4) is 0 Å². The lowest BCUT2D eigenvalue weighted by Gasteiger charge is -2.18. The van der Waals surface area contributed by atoms with E-state index in [0.29, 0.717) is 34.4 Å². The molecule has 2 bridgehead atoms. The average Bonchev–Trinajstić information content (AvgIpc) is 3.00. The zero-order valence-corrected chi connectivity index (χ0v) is 12.9. The van der Waals surface area contributed by atoms with Crippen molar-refractivity contribution in [3.63, 3.8) is 0 Å². The van der Waals surface area contributed by atoms with Crippen LogP contribution in [0.1, 0.15) is 40.3 Å². The van der Waals surface area contributed by atoms with Crippen LogP contribution in [0.2, 0.25) is 5.02 Å². The molecule has 7 heteroatoms. The fraction of sp³-hybridized carbons (Fsp3) is 0.176. The maximum absolute atomic E-state index is 14.5. The Labute approximate surface area is 140 Å². The Bertz CT molecular complexity index is 1050. The van der Waals surface area contributed by atoms with Crippen molar-refractivity contribution in [1.82, 2.24) is 14.9 Å². The van der Waals surface area contributed by atoms with Gasteiger partial charge in [-0.3, -0.25) is 4.79 Å². The molecule has 2 aliphatic rings. The molecule has 3 aromatic rings. The minimum absolute atomic E-state index is 0.0118. The molecule has 2 aromatic carbocycles. The number of halogens is 3. The summed E-state index contributed by atoms with van der Waals surface area (Å²) in [4.78, 5) is 16.8. The summed E-state index contributed by atoms with van der Waals surface area (Å²) in [6.07, 6.45) is 0.507. The number of fused-ring (bicyclic) bond motifs is 9. The number of benzene rings is 2. The van der Waals surface area contributed by atoms with Crippen molar-refractivity contribution in [3.05, 3.63) is 63.9 Å². The summed E-state index contributed by atoms with van der Waals surface area (Å²) in [7, 11) is 0. The van der Waals surface area contributed by atoms with Gasteiger partial charge in [-0.25, -0.2) is 13.8 Å². The Balaban J connectivity index is 1.86. The number of carbonyl (C=O) groups excluding carboxylic acids is 1. The second kappa shape index (κ2) is 4.54. The van der Waals surface area contributed by atoms with E-state index in [1.54, 1.807) is 6.07 Å². The molecule has 0 saturated carbocycles. The van der Waals surface area contributed by atoms with E-state index in [2.05, 4.69) is 10.3 Å². The summed E-state index contributed by atoms with van der Waals surface area (Å²) >= 11 is 5.92. The lowest BCUT2D eigenvalue weighted by molar-refractivity contribution is 0.0938. The Morgan fingerprint density at radius 1 is 1.25 bits per heavy atom. The molecule has 0 spiro atoms. The molecule has 1 N–H and O–H groups in total. The Kier molecular flexibility index (Phi) is 2.63. The van der Waals surface area contributed by atoms with Crippen molar-refractivity contribution in [1.29, 1.82) is 0 Å². The number of nitrogens with zero attached hydrogens (tertiary/aromatic N) is 2. The highest BCUT2D eigenvalue weighted by Gasteiger charge is 2.41. The van der Waals surface area contributed by atoms with Crippen LogP contribution in [-0.2, 0) is 0 Å². The van der Waals surface area contributed by atoms with Crippen LogP contribution in [0.15, 0.2) is 30.3 Å². The molecule has 1 aromatic heterocycles. The molecule has 120 valence electrons. The van der Waals surface area contributed by atoms with Crippen molar-refractivity contribution in [3.8, 4) is 0 Å². The normalized spacial score (nSPS) is 21.4. The van der Waals surface area contributed by atoms with E-state index >= 15 is 0 Å². The molecule has 1 amide bonds. The molecule has 4 nitrogen and oxygen atoms in total. The lowest BCUT2D eigenvalue weighted by Crippen LogP contribution is -2.28. The van der Waals surface area contributed by atoms with Crippen LogP contribution < -0.4 is 5.32 Å². The van der Waals surface area contributed by atoms with Crippen LogP contribution in [0, 0.1) is 11.6 Å². The van der Waals surface area contributed by atoms with E-state index in [1.165, 1.54) is 24.3 Å². The highest BCUT2D eigenvalue weighted by Crippen LogP contribution is 2.45. The fourth-order valence-corrected chi connectivity index (χ4v) is 3.95. The van der Waals surface area contributed by atoms with Gasteiger partial charge in [0.2, 0.25) is 0 Å². The molecule has 2 atom stereocenters. The van der Waals surface area contributed by atoms with Gasteiger partial charge in [0.25, 0.3) is 5.91 Å². The van der Waals surface area contributed by atoms with Gasteiger partial charge in [0, 0.05) is 17.2 Å². The minimum Gasteiger partial charge on any atom is -0.342 e. The first-order chi connectivity index (χ1) is 11.5. The average molecular weight is 346 g/mol. The van der Waals surface area contributed by atoms with Crippen molar-refractivity contribution in [2.45, 2.75) is 18.5 Å². The maximum Gasteiger partial charge on any atom is 0.252 e. The molecule has 2 aliphatic heterocycles. The second-order valence-corrected chi connectivity index (χ2v) is 6.48. The zero-order chi connectivity index (χ0) is 16.6. The third-order valence-electron chi connectivity index (χ3n) is 4.78. The first-order valence-electron chi connectivity index (χ1n) is 7.50. The van der Waals surface area contributed by atoms with Crippen LogP contribution in [0.4, 0.5) is 8.78 Å². The topological polar surface area (TPSA) is 46.9 Å². The number of hydrogen-bond donors (Lipinski definition) is 1. The summed E-state index contributed by atoms with van der Waals surface area (Å²) in [6, 6.07) is 6.51. The summed E-state index contributed by atoms with van der Waals surface area (Å²) in [5.74, 6) is -0.714. The standard InChI is InChI=1S/C17H10ClF2N3O/c18-8-4-13-11(5-10(8)20)21-16-12-6-14(23(13)16)15-7(17(24)22-12)2-1-3-9(15)19/h1-5,12,14H,6H2,(H,22,24)/t12-,14-/m1/s1. The molecule has 5 rings (SSSR count). The van der Waals surface area contributed by atoms with Crippen LogP contribution in [0.25, 0.3) is 11.0 Å². The molecule has 0 fully saturated rings. The molecule has 0 unspecified atom stereocenters. The van der Waals surface area contributed by atoms with Gasteiger partial charge in [-0.1, -0.05) is 17.7 Å². The third-order valence-corrected chi connectivity index (χ3v) is 5.07. The number of nitrogens with one attached hydrogen (secondary N) is 1. The lowest BCUT2D eigenvalue weighted by atomic mass is 9.98. The smallest absolute Gasteiger partial charge is 0.252 e. The SMILES string of the molecule is O=C1N[C@@H]2C[C@H](c3c(F)cccc31)n1c2nc2cc(F)c(Cl)cc21. The summed E-state index contributed by atoms with van der Waals surface area (Å²) < 4.78 is 30.1. The van der Waals surface area contributed by atoms with Gasteiger partial charge in [0.15, 0.2) is 0 Å². The molecule has 3 heterocycles. The molecule has 0 aliphatic carbocycles. The van der Waals surface area contributed by atoms with E-state index in [1.807, 2.05) is 4.57 Å². The monoisotopic (exact) mass is 345 g/mol. The highest BCUT2D eigenvalue weighted by atomic mass is 35.5. The Morgan fingerprint density at radius 3 is 2.92 bits per heavy atom. The number of carbonyl (C=O) groups is 1. The zero-order valence-electron chi connectivity index (χ0n) is 12.2. The highest BCUT2D eigenvalue weighted by molar-refractivity contribution is 6.31. The van der Waals surface area contributed by atoms with E-state index in [4.69, 9.17) is 11.6 Å². The molecule has 0 radical (unpaired) electrons. The number of rotatable bonds is 0. The summed E-state index contributed by atoms with van der Waals surface area (Å²) in [6.45, 7) is 0. The minimum atomic E-state index is -0.556. The van der Waals surface area contributed by atoms with E-state index in [0.717, 1.165) is 0 Å². The molecular weight excluding hydrogens is 336 g/mol. The van der Waals surface area contributed by atoms with Gasteiger partial charge < -0.3 is 9.88 Å². The van der Waals surface area contributed by atoms with Crippen molar-refractivity contribution in [2.75, 3.05) is 0 Å². The first kappa shape index (κ1) is 13.9. The van der Waals surface area contributed by atoms with Crippen molar-refractivity contribution >= 4 is 28.5 Å². The van der Waals surface area contributed by atoms with E-state index in [-0.39, 0.29) is 23.0 Å². The maximum atomic E-state index is 14.5. The van der Waals surface area contributed by atoms with Gasteiger partial charge in [-0.15, -0.1) is 0 Å². The summed E-state index contributed by atoms with van der Waals surface area (Å²) in [5, 5.41) is 2.87. The number of aromatic nitrogens is 2. The molecule has 0 saturated heterocycles. The predicted octanol–water partition coefficient (Wildman–Crippen LogP) is 3.75. The van der Waals surface area contributed by atoms with Crippen LogP contribution in [0.5, 0.6) is 0 Å². The number of hydrogen-bond acceptors (Lipinski definition) is 2. The van der Waals surface area contributed by atoms with Gasteiger partial charge >= 0.3 is 0 Å². The Hall–Kier alpha value is -2.47. The quantitative estimate of drug-likeness (QED) is 0.674. The van der Waals surface area contributed by atoms with E-state index < -0.39 is 11.6 Å². The second-order valence-electron chi connectivity index (χ2n) is 6.07. The van der Waals surface area contributed by atoms with Crippen LogP contribution >= 0.6 is 11.6 Å². The number of imidazole rings is 1. The van der Waals surface area contributed by atoms with Crippen LogP contribution in [-0.4, -0.2) is 15.5 Å². The first-order valence-corrected chi connectivity index (χ1v) is 7.88. The van der Waals surface area contributed by atoms with Crippen molar-refractivity contribution < 1.29 is 13.6 Å². The molecular formula is C17H10ClF2N3O. The largest absolute Gasteiger partial charge is 0.342 e. The van der Waals surface area contributed by atoms with Gasteiger partial charge in [0.1, 0.15) is 17.5 Å². The predicted molar refractivity (Wildman–Crippen MR) is 84.1 cm³/mol. The van der Waals surface area contributed by atoms with Gasteiger partial charge in [-0.2, -0.15) is 0 Å². The molecule has 24 heavy (non-hydrogen) atoms. The van der Waals surface area contributed by atoms with Gasteiger partial charge in [-0.05, 0) is 24.6 Å². The fourth-order valence-electron chi connectivity index (χ4n) is 3.80. The van der Waals surface area contributed by atoms with Crippen molar-refractivity contribution in [2.24, 2.45) is 0 Å².